The Hall–Kier alpha value is -2.40. The third-order valence-electron chi connectivity index (χ3n) is 4.33. The first kappa shape index (κ1) is 17.4. The Kier molecular flexibility index (Phi) is 5.04. The molecule has 1 saturated heterocycles. The van der Waals surface area contributed by atoms with E-state index >= 15 is 0 Å². The highest BCUT2D eigenvalue weighted by atomic mass is 32.2. The van der Waals surface area contributed by atoms with Crippen LogP contribution in [0.5, 0.6) is 0 Å². The lowest BCUT2D eigenvalue weighted by atomic mass is 10.0. The Morgan fingerprint density at radius 1 is 1.04 bits per heavy atom. The first-order valence-electron chi connectivity index (χ1n) is 8.36. The first-order chi connectivity index (χ1) is 12.0. The van der Waals surface area contributed by atoms with E-state index in [1.807, 2.05) is 49.4 Å². The number of carbonyl (C=O) groups is 1. The van der Waals surface area contributed by atoms with Crippen molar-refractivity contribution in [3.05, 3.63) is 71.8 Å². The molecule has 1 aliphatic heterocycles. The molecular weight excluding hydrogens is 334 g/mol. The zero-order valence-electron chi connectivity index (χ0n) is 14.1. The number of piperidine rings is 1. The predicted octanol–water partition coefficient (Wildman–Crippen LogP) is 3.78. The van der Waals surface area contributed by atoms with Crippen molar-refractivity contribution in [2.24, 2.45) is 0 Å². The third-order valence-corrected chi connectivity index (χ3v) is 6.19. The summed E-state index contributed by atoms with van der Waals surface area (Å²) in [5, 5.41) is 0. The fraction of sp³-hybridized carbons (Fsp3) is 0.250. The quantitative estimate of drug-likeness (QED) is 0.839. The largest absolute Gasteiger partial charge is 0.274 e. The van der Waals surface area contributed by atoms with Crippen LogP contribution in [0.15, 0.2) is 65.6 Å². The number of rotatable bonds is 4. The molecule has 5 heteroatoms. The Morgan fingerprint density at radius 3 is 2.40 bits per heavy atom. The van der Waals surface area contributed by atoms with Gasteiger partial charge in [0, 0.05) is 6.42 Å². The fourth-order valence-corrected chi connectivity index (χ4v) is 4.57. The second-order valence-corrected chi connectivity index (χ2v) is 8.05. The minimum Gasteiger partial charge on any atom is -0.274 e. The van der Waals surface area contributed by atoms with Crippen LogP contribution in [0.3, 0.4) is 0 Å². The van der Waals surface area contributed by atoms with Crippen molar-refractivity contribution in [2.45, 2.75) is 37.1 Å². The van der Waals surface area contributed by atoms with Gasteiger partial charge in [0.05, 0.1) is 10.9 Å². The number of hydrogen-bond acceptors (Lipinski definition) is 3. The van der Waals surface area contributed by atoms with E-state index in [9.17, 15) is 13.2 Å². The number of aryl methyl sites for hydroxylation is 1. The second-order valence-electron chi connectivity index (χ2n) is 6.24. The maximum Gasteiger partial charge on any atom is 0.267 e. The van der Waals surface area contributed by atoms with Gasteiger partial charge in [-0.05, 0) is 37.5 Å². The normalized spacial score (nSPS) is 18.7. The Labute approximate surface area is 148 Å². The average Bonchev–Trinajstić information content (AvgIpc) is 2.61. The molecular formula is C20H21NO3S. The molecule has 0 saturated carbocycles. The molecule has 1 fully saturated rings. The topological polar surface area (TPSA) is 54.5 Å². The molecule has 0 spiro atoms. The van der Waals surface area contributed by atoms with Crippen molar-refractivity contribution in [3.63, 3.8) is 0 Å². The minimum absolute atomic E-state index is 0.159. The summed E-state index contributed by atoms with van der Waals surface area (Å²) >= 11 is 0. The van der Waals surface area contributed by atoms with E-state index in [4.69, 9.17) is 0 Å². The Balaban J connectivity index is 1.93. The molecule has 1 aliphatic rings. The third kappa shape index (κ3) is 3.82. The van der Waals surface area contributed by atoms with Crippen LogP contribution < -0.4 is 0 Å². The maximum atomic E-state index is 13.0. The van der Waals surface area contributed by atoms with Crippen molar-refractivity contribution in [3.8, 4) is 0 Å². The lowest BCUT2D eigenvalue weighted by molar-refractivity contribution is -0.129. The van der Waals surface area contributed by atoms with Gasteiger partial charge in [0.2, 0.25) is 5.91 Å². The number of nitrogens with zero attached hydrogens (tertiary/aromatic N) is 1. The number of hydrogen-bond donors (Lipinski definition) is 0. The lowest BCUT2D eigenvalue weighted by Gasteiger charge is -2.33. The van der Waals surface area contributed by atoms with Gasteiger partial charge in [-0.3, -0.25) is 4.79 Å². The van der Waals surface area contributed by atoms with Gasteiger partial charge in [-0.25, -0.2) is 12.7 Å². The second kappa shape index (κ2) is 7.23. The monoisotopic (exact) mass is 355 g/mol. The summed E-state index contributed by atoms with van der Waals surface area (Å²) in [6, 6.07) is 15.8. The van der Waals surface area contributed by atoms with Gasteiger partial charge in [0.1, 0.15) is 0 Å². The summed E-state index contributed by atoms with van der Waals surface area (Å²) in [6.45, 7) is 1.90. The molecule has 0 aromatic heterocycles. The molecule has 4 nitrogen and oxygen atoms in total. The van der Waals surface area contributed by atoms with Crippen LogP contribution in [-0.2, 0) is 14.8 Å². The van der Waals surface area contributed by atoms with Gasteiger partial charge in [-0.15, -0.1) is 0 Å². The number of benzene rings is 2. The highest BCUT2D eigenvalue weighted by molar-refractivity contribution is 7.89. The highest BCUT2D eigenvalue weighted by Gasteiger charge is 2.36. The molecule has 2 aromatic rings. The Bertz CT molecular complexity index is 871. The molecule has 25 heavy (non-hydrogen) atoms. The van der Waals surface area contributed by atoms with Crippen molar-refractivity contribution in [1.82, 2.24) is 4.31 Å². The zero-order valence-corrected chi connectivity index (χ0v) is 14.9. The number of carbonyl (C=O) groups excluding carboxylic acids is 1. The molecule has 2 aromatic carbocycles. The van der Waals surface area contributed by atoms with Gasteiger partial charge in [0.15, 0.2) is 0 Å². The molecule has 3 rings (SSSR count). The Morgan fingerprint density at radius 2 is 1.72 bits per heavy atom. The molecule has 0 N–H and O–H groups in total. The van der Waals surface area contributed by atoms with Gasteiger partial charge in [-0.2, -0.15) is 0 Å². The van der Waals surface area contributed by atoms with Crippen LogP contribution in [-0.4, -0.2) is 24.7 Å². The highest BCUT2D eigenvalue weighted by Crippen LogP contribution is 2.27. The van der Waals surface area contributed by atoms with E-state index in [1.54, 1.807) is 24.3 Å². The average molecular weight is 355 g/mol. The smallest absolute Gasteiger partial charge is 0.267 e. The van der Waals surface area contributed by atoms with E-state index in [1.165, 1.54) is 0 Å². The van der Waals surface area contributed by atoms with Crippen LogP contribution in [0.2, 0.25) is 0 Å². The molecule has 1 amide bonds. The SMILES string of the molecule is Cc1ccc(S(=O)(=O)N2C(=O)CCCC2/C=C/c2ccccc2)cc1. The maximum absolute atomic E-state index is 13.0. The van der Waals surface area contributed by atoms with E-state index in [2.05, 4.69) is 0 Å². The van der Waals surface area contributed by atoms with Gasteiger partial charge < -0.3 is 0 Å². The molecule has 1 atom stereocenters. The summed E-state index contributed by atoms with van der Waals surface area (Å²) in [5.41, 5.74) is 1.96. The van der Waals surface area contributed by atoms with Crippen LogP contribution in [0.1, 0.15) is 30.4 Å². The first-order valence-corrected chi connectivity index (χ1v) is 9.80. The van der Waals surface area contributed by atoms with Crippen LogP contribution in [0.4, 0.5) is 0 Å². The lowest BCUT2D eigenvalue weighted by Crippen LogP contribution is -2.46. The van der Waals surface area contributed by atoms with Gasteiger partial charge in [-0.1, -0.05) is 60.2 Å². The molecule has 130 valence electrons. The van der Waals surface area contributed by atoms with E-state index < -0.39 is 16.1 Å². The van der Waals surface area contributed by atoms with Gasteiger partial charge in [0.25, 0.3) is 10.0 Å². The molecule has 1 unspecified atom stereocenters. The molecule has 1 heterocycles. The predicted molar refractivity (Wildman–Crippen MR) is 98.3 cm³/mol. The van der Waals surface area contributed by atoms with Gasteiger partial charge >= 0.3 is 0 Å². The summed E-state index contributed by atoms with van der Waals surface area (Å²) in [7, 11) is -3.85. The summed E-state index contributed by atoms with van der Waals surface area (Å²) in [5.74, 6) is -0.338. The summed E-state index contributed by atoms with van der Waals surface area (Å²) < 4.78 is 27.1. The van der Waals surface area contributed by atoms with Crippen LogP contribution >= 0.6 is 0 Å². The summed E-state index contributed by atoms with van der Waals surface area (Å²) in [6.07, 6.45) is 5.29. The fourth-order valence-electron chi connectivity index (χ4n) is 2.97. The van der Waals surface area contributed by atoms with Crippen molar-refractivity contribution >= 4 is 22.0 Å². The van der Waals surface area contributed by atoms with Crippen LogP contribution in [0.25, 0.3) is 6.08 Å². The molecule has 0 aliphatic carbocycles. The molecule has 0 radical (unpaired) electrons. The summed E-state index contributed by atoms with van der Waals surface area (Å²) in [4.78, 5) is 12.6. The minimum atomic E-state index is -3.85. The zero-order chi connectivity index (χ0) is 17.9. The molecule has 0 bridgehead atoms. The van der Waals surface area contributed by atoms with E-state index in [0.717, 1.165) is 15.4 Å². The van der Waals surface area contributed by atoms with Crippen molar-refractivity contribution in [1.29, 1.82) is 0 Å². The van der Waals surface area contributed by atoms with E-state index in [-0.39, 0.29) is 17.2 Å². The number of sulfonamides is 1. The standard InChI is InChI=1S/C20H21NO3S/c1-16-10-14-19(15-11-16)25(23,24)21-18(8-5-9-20(21)22)13-12-17-6-3-2-4-7-17/h2-4,6-7,10-15,18H,5,8-9H2,1H3/b13-12+. The van der Waals surface area contributed by atoms with Crippen molar-refractivity contribution in [2.75, 3.05) is 0 Å². The number of amides is 1. The van der Waals surface area contributed by atoms with Crippen LogP contribution in [0, 0.1) is 6.92 Å². The van der Waals surface area contributed by atoms with E-state index in [0.29, 0.717) is 12.8 Å². The van der Waals surface area contributed by atoms with Crippen molar-refractivity contribution < 1.29 is 13.2 Å².